The van der Waals surface area contributed by atoms with E-state index in [1.165, 1.54) is 4.31 Å². The number of carbonyl (C=O) groups is 2. The Kier molecular flexibility index (Phi) is 12.0. The van der Waals surface area contributed by atoms with Crippen LogP contribution in [0, 0.1) is 0 Å². The summed E-state index contributed by atoms with van der Waals surface area (Å²) in [6.45, 7) is 2.87. The average Bonchev–Trinajstić information content (AvgIpc) is 2.94. The fraction of sp³-hybridized carbons (Fsp3) is 0.355. The van der Waals surface area contributed by atoms with Gasteiger partial charge in [-0.15, -0.1) is 0 Å². The number of nitrogens with zero attached hydrogens (tertiary/aromatic N) is 2. The lowest BCUT2D eigenvalue weighted by Crippen LogP contribution is -2.50. The standard InChI is InChI=1S/C31H38ClN3O4S/c1-3-4-21-33-31(37)29(23-25-14-7-5-8-15-25)34(24-26-16-11-12-19-28(26)32)30(36)20-13-22-35(40(2,38)39)27-17-9-6-10-18-27/h5-12,14-19,29H,3-4,13,20-24H2,1-2H3,(H,33,37). The number of benzene rings is 3. The van der Waals surface area contributed by atoms with E-state index in [1.807, 2.05) is 54.6 Å². The van der Waals surface area contributed by atoms with E-state index in [1.54, 1.807) is 35.2 Å². The first-order valence-electron chi connectivity index (χ1n) is 13.6. The van der Waals surface area contributed by atoms with Gasteiger partial charge in [-0.05, 0) is 42.2 Å². The third-order valence-electron chi connectivity index (χ3n) is 6.60. The fourth-order valence-electron chi connectivity index (χ4n) is 4.47. The predicted molar refractivity (Wildman–Crippen MR) is 162 cm³/mol. The molecular formula is C31H38ClN3O4S. The van der Waals surface area contributed by atoms with E-state index in [-0.39, 0.29) is 37.7 Å². The summed E-state index contributed by atoms with van der Waals surface area (Å²) in [5, 5.41) is 3.51. The van der Waals surface area contributed by atoms with Crippen LogP contribution < -0.4 is 9.62 Å². The number of hydrogen-bond acceptors (Lipinski definition) is 4. The molecule has 9 heteroatoms. The lowest BCUT2D eigenvalue weighted by Gasteiger charge is -2.32. The molecule has 1 unspecified atom stereocenters. The normalized spacial score (nSPS) is 12.0. The lowest BCUT2D eigenvalue weighted by molar-refractivity contribution is -0.141. The van der Waals surface area contributed by atoms with Crippen molar-refractivity contribution in [3.05, 3.63) is 101 Å². The Morgan fingerprint density at radius 2 is 1.52 bits per heavy atom. The Hall–Kier alpha value is -3.36. The number of hydrogen-bond donors (Lipinski definition) is 1. The van der Waals surface area contributed by atoms with Crippen molar-refractivity contribution in [3.8, 4) is 0 Å². The predicted octanol–water partition coefficient (Wildman–Crippen LogP) is 5.44. The summed E-state index contributed by atoms with van der Waals surface area (Å²) < 4.78 is 26.3. The minimum atomic E-state index is -3.55. The van der Waals surface area contributed by atoms with Crippen molar-refractivity contribution in [2.45, 2.75) is 51.6 Å². The average molecular weight is 584 g/mol. The van der Waals surface area contributed by atoms with Crippen LogP contribution in [0.25, 0.3) is 0 Å². The monoisotopic (exact) mass is 583 g/mol. The molecule has 0 aliphatic heterocycles. The smallest absolute Gasteiger partial charge is 0.243 e. The molecule has 0 aliphatic rings. The molecule has 1 N–H and O–H groups in total. The maximum Gasteiger partial charge on any atom is 0.243 e. The summed E-state index contributed by atoms with van der Waals surface area (Å²) in [5.41, 5.74) is 2.21. The quantitative estimate of drug-likeness (QED) is 0.241. The van der Waals surface area contributed by atoms with Crippen LogP contribution in [0.2, 0.25) is 5.02 Å². The molecule has 0 bridgehead atoms. The molecule has 0 aromatic heterocycles. The molecule has 3 rings (SSSR count). The van der Waals surface area contributed by atoms with Crippen LogP contribution >= 0.6 is 11.6 Å². The van der Waals surface area contributed by atoms with Crippen molar-refractivity contribution in [3.63, 3.8) is 0 Å². The van der Waals surface area contributed by atoms with Crippen molar-refractivity contribution < 1.29 is 18.0 Å². The van der Waals surface area contributed by atoms with Crippen LogP contribution in [0.4, 0.5) is 5.69 Å². The van der Waals surface area contributed by atoms with E-state index in [2.05, 4.69) is 12.2 Å². The zero-order valence-electron chi connectivity index (χ0n) is 23.1. The first kappa shape index (κ1) is 31.2. The summed E-state index contributed by atoms with van der Waals surface area (Å²) in [4.78, 5) is 28.9. The van der Waals surface area contributed by atoms with Crippen LogP contribution in [0.1, 0.15) is 43.7 Å². The van der Waals surface area contributed by atoms with Crippen molar-refractivity contribution in [1.82, 2.24) is 10.2 Å². The molecule has 214 valence electrons. The third kappa shape index (κ3) is 9.38. The second-order valence-corrected chi connectivity index (χ2v) is 12.1. The largest absolute Gasteiger partial charge is 0.354 e. The number of anilines is 1. The van der Waals surface area contributed by atoms with Gasteiger partial charge in [-0.3, -0.25) is 13.9 Å². The fourth-order valence-corrected chi connectivity index (χ4v) is 5.63. The zero-order valence-corrected chi connectivity index (χ0v) is 24.7. The Morgan fingerprint density at radius 1 is 0.900 bits per heavy atom. The summed E-state index contributed by atoms with van der Waals surface area (Å²) in [6, 6.07) is 24.9. The number of sulfonamides is 1. The number of amides is 2. The van der Waals surface area contributed by atoms with E-state index in [0.717, 1.165) is 30.2 Å². The van der Waals surface area contributed by atoms with Gasteiger partial charge < -0.3 is 10.2 Å². The highest BCUT2D eigenvalue weighted by Gasteiger charge is 2.30. The van der Waals surface area contributed by atoms with Gasteiger partial charge in [-0.25, -0.2) is 8.42 Å². The van der Waals surface area contributed by atoms with Gasteiger partial charge in [-0.1, -0.05) is 91.7 Å². The summed E-state index contributed by atoms with van der Waals surface area (Å²) in [6.07, 6.45) is 3.62. The molecular weight excluding hydrogens is 546 g/mol. The summed E-state index contributed by atoms with van der Waals surface area (Å²) in [5.74, 6) is -0.465. The van der Waals surface area contributed by atoms with Gasteiger partial charge in [0.2, 0.25) is 21.8 Å². The second-order valence-electron chi connectivity index (χ2n) is 9.74. The number of carbonyl (C=O) groups excluding carboxylic acids is 2. The first-order chi connectivity index (χ1) is 19.2. The number of nitrogens with one attached hydrogen (secondary N) is 1. The topological polar surface area (TPSA) is 86.8 Å². The van der Waals surface area contributed by atoms with Crippen molar-refractivity contribution in [2.24, 2.45) is 0 Å². The molecule has 40 heavy (non-hydrogen) atoms. The van der Waals surface area contributed by atoms with Gasteiger partial charge in [0.05, 0.1) is 11.9 Å². The van der Waals surface area contributed by atoms with E-state index < -0.39 is 16.1 Å². The Balaban J connectivity index is 1.87. The zero-order chi connectivity index (χ0) is 29.0. The number of para-hydroxylation sites is 1. The molecule has 3 aromatic carbocycles. The van der Waals surface area contributed by atoms with Crippen molar-refractivity contribution >= 4 is 39.1 Å². The highest BCUT2D eigenvalue weighted by Crippen LogP contribution is 2.22. The molecule has 0 spiro atoms. The van der Waals surface area contributed by atoms with Gasteiger partial charge >= 0.3 is 0 Å². The molecule has 0 aliphatic carbocycles. The van der Waals surface area contributed by atoms with Crippen molar-refractivity contribution in [2.75, 3.05) is 23.7 Å². The molecule has 1 atom stereocenters. The summed E-state index contributed by atoms with van der Waals surface area (Å²) >= 11 is 6.47. The SMILES string of the molecule is CCCCNC(=O)C(Cc1ccccc1)N(Cc1ccccc1Cl)C(=O)CCCN(c1ccccc1)S(C)(=O)=O. The Bertz CT molecular complexity index is 1340. The van der Waals surface area contributed by atoms with E-state index in [4.69, 9.17) is 11.6 Å². The van der Waals surface area contributed by atoms with E-state index in [0.29, 0.717) is 23.7 Å². The molecule has 0 saturated heterocycles. The maximum atomic E-state index is 13.8. The van der Waals surface area contributed by atoms with Gasteiger partial charge in [0.15, 0.2) is 0 Å². The van der Waals surface area contributed by atoms with Gasteiger partial charge in [-0.2, -0.15) is 0 Å². The minimum absolute atomic E-state index is 0.0663. The van der Waals surface area contributed by atoms with Crippen LogP contribution in [-0.2, 0) is 32.6 Å². The maximum absolute atomic E-state index is 13.8. The van der Waals surface area contributed by atoms with Crippen LogP contribution in [0.15, 0.2) is 84.9 Å². The van der Waals surface area contributed by atoms with Crippen molar-refractivity contribution in [1.29, 1.82) is 0 Å². The molecule has 7 nitrogen and oxygen atoms in total. The Morgan fingerprint density at radius 3 is 2.15 bits per heavy atom. The molecule has 0 fully saturated rings. The van der Waals surface area contributed by atoms with E-state index in [9.17, 15) is 18.0 Å². The van der Waals surface area contributed by atoms with Crippen LogP contribution in [0.5, 0.6) is 0 Å². The second kappa shape index (κ2) is 15.4. The van der Waals surface area contributed by atoms with Crippen LogP contribution in [0.3, 0.4) is 0 Å². The molecule has 0 saturated carbocycles. The number of unbranched alkanes of at least 4 members (excludes halogenated alkanes) is 1. The molecule has 0 radical (unpaired) electrons. The first-order valence-corrected chi connectivity index (χ1v) is 15.8. The number of halogens is 1. The van der Waals surface area contributed by atoms with Gasteiger partial charge in [0.25, 0.3) is 0 Å². The van der Waals surface area contributed by atoms with Gasteiger partial charge in [0.1, 0.15) is 6.04 Å². The molecule has 2 amide bonds. The number of rotatable bonds is 15. The van der Waals surface area contributed by atoms with Crippen LogP contribution in [-0.4, -0.2) is 50.5 Å². The van der Waals surface area contributed by atoms with E-state index >= 15 is 0 Å². The highest BCUT2D eigenvalue weighted by molar-refractivity contribution is 7.92. The van der Waals surface area contributed by atoms with Gasteiger partial charge in [0, 0.05) is 37.5 Å². The minimum Gasteiger partial charge on any atom is -0.354 e. The highest BCUT2D eigenvalue weighted by atomic mass is 35.5. The molecule has 0 heterocycles. The third-order valence-corrected chi connectivity index (χ3v) is 8.16. The Labute approximate surface area is 243 Å². The summed E-state index contributed by atoms with van der Waals surface area (Å²) in [7, 11) is -3.55. The molecule has 3 aromatic rings. The lowest BCUT2D eigenvalue weighted by atomic mass is 10.0.